The average Bonchev–Trinajstić information content (AvgIpc) is 2.82. The van der Waals surface area contributed by atoms with E-state index in [0.29, 0.717) is 16.9 Å². The van der Waals surface area contributed by atoms with Gasteiger partial charge in [0.1, 0.15) is 0 Å². The van der Waals surface area contributed by atoms with E-state index in [1.54, 1.807) is 48.5 Å². The molecular weight excluding hydrogens is 432 g/mol. The van der Waals surface area contributed by atoms with E-state index >= 15 is 0 Å². The van der Waals surface area contributed by atoms with Crippen LogP contribution in [0.25, 0.3) is 0 Å². The molecule has 0 bridgehead atoms. The predicted molar refractivity (Wildman–Crippen MR) is 124 cm³/mol. The van der Waals surface area contributed by atoms with Crippen LogP contribution in [0.15, 0.2) is 78.9 Å². The lowest BCUT2D eigenvalue weighted by atomic mass is 10.2. The van der Waals surface area contributed by atoms with Gasteiger partial charge >= 0.3 is 0 Å². The van der Waals surface area contributed by atoms with Crippen LogP contribution in [0.5, 0.6) is 0 Å². The van der Waals surface area contributed by atoms with E-state index < -0.39 is 10.8 Å². The quantitative estimate of drug-likeness (QED) is 0.220. The van der Waals surface area contributed by atoms with E-state index in [9.17, 15) is 19.7 Å². The van der Waals surface area contributed by atoms with E-state index in [1.807, 2.05) is 6.07 Å². The first-order valence-electron chi connectivity index (χ1n) is 9.25. The summed E-state index contributed by atoms with van der Waals surface area (Å²) >= 11 is 5.13. The third kappa shape index (κ3) is 6.24. The Kier molecular flexibility index (Phi) is 7.28. The Morgan fingerprint density at radius 3 is 1.91 bits per heavy atom. The fraction of sp³-hybridized carbons (Fsp3) is 0. The van der Waals surface area contributed by atoms with Gasteiger partial charge in [-0.05, 0) is 60.7 Å². The summed E-state index contributed by atoms with van der Waals surface area (Å²) in [7, 11) is 0. The number of nitrogens with zero attached hydrogens (tertiary/aromatic N) is 1. The molecule has 0 atom stereocenters. The monoisotopic (exact) mass is 450 g/mol. The maximum absolute atomic E-state index is 12.1. The molecular formula is C21H18N6O4S. The van der Waals surface area contributed by atoms with Crippen LogP contribution in [0, 0.1) is 10.1 Å². The molecule has 0 unspecified atom stereocenters. The molecule has 0 aliphatic carbocycles. The van der Waals surface area contributed by atoms with Crippen molar-refractivity contribution in [2.24, 2.45) is 0 Å². The maximum Gasteiger partial charge on any atom is 0.269 e. The standard InChI is InChI=1S/C21H18N6O4S/c28-19(14-4-2-1-3-5-14)24-23-17-10-8-16(9-11-17)22-21(32)26-25-20(29)15-6-12-18(13-7-15)27(30)31/h1-13,23H,(H,24,28)(H,25,29)(H2,22,26,32). The number of rotatable bonds is 6. The Morgan fingerprint density at radius 2 is 1.28 bits per heavy atom. The molecule has 0 spiro atoms. The van der Waals surface area contributed by atoms with Crippen molar-refractivity contribution in [2.45, 2.75) is 0 Å². The van der Waals surface area contributed by atoms with Crippen LogP contribution in [-0.2, 0) is 0 Å². The summed E-state index contributed by atoms with van der Waals surface area (Å²) in [6.07, 6.45) is 0. The number of benzene rings is 3. The average molecular weight is 450 g/mol. The molecule has 0 aliphatic heterocycles. The van der Waals surface area contributed by atoms with Gasteiger partial charge in [0, 0.05) is 28.9 Å². The molecule has 10 nitrogen and oxygen atoms in total. The zero-order valence-electron chi connectivity index (χ0n) is 16.5. The Bertz CT molecular complexity index is 1120. The summed E-state index contributed by atoms with van der Waals surface area (Å²) in [5.41, 5.74) is 12.3. The molecule has 0 heterocycles. The number of anilines is 2. The lowest BCUT2D eigenvalue weighted by Gasteiger charge is -2.13. The van der Waals surface area contributed by atoms with Crippen molar-refractivity contribution < 1.29 is 14.5 Å². The number of hydrazine groups is 2. The third-order valence-electron chi connectivity index (χ3n) is 4.13. The first kappa shape index (κ1) is 22.2. The van der Waals surface area contributed by atoms with Crippen LogP contribution >= 0.6 is 12.2 Å². The molecule has 3 rings (SSSR count). The van der Waals surface area contributed by atoms with Gasteiger partial charge in [-0.25, -0.2) is 0 Å². The second kappa shape index (κ2) is 10.5. The number of nitro benzene ring substituents is 1. The second-order valence-corrected chi connectivity index (χ2v) is 6.77. The molecule has 3 aromatic rings. The van der Waals surface area contributed by atoms with Crippen LogP contribution in [0.4, 0.5) is 17.1 Å². The van der Waals surface area contributed by atoms with Crippen LogP contribution in [0.1, 0.15) is 20.7 Å². The SMILES string of the molecule is O=C(NNC(=S)Nc1ccc(NNC(=O)c2ccccc2)cc1)c1ccc([N+](=O)[O-])cc1. The molecule has 11 heteroatoms. The van der Waals surface area contributed by atoms with Gasteiger partial charge in [-0.15, -0.1) is 0 Å². The molecule has 0 saturated heterocycles. The highest BCUT2D eigenvalue weighted by molar-refractivity contribution is 7.80. The van der Waals surface area contributed by atoms with Crippen molar-refractivity contribution >= 4 is 46.2 Å². The van der Waals surface area contributed by atoms with Gasteiger partial charge in [0.2, 0.25) is 0 Å². The number of carbonyl (C=O) groups excluding carboxylic acids is 2. The number of nitro groups is 1. The normalized spacial score (nSPS) is 9.88. The van der Waals surface area contributed by atoms with Crippen molar-refractivity contribution in [1.82, 2.24) is 16.3 Å². The van der Waals surface area contributed by atoms with Crippen molar-refractivity contribution in [3.63, 3.8) is 0 Å². The van der Waals surface area contributed by atoms with Crippen LogP contribution < -0.4 is 27.0 Å². The lowest BCUT2D eigenvalue weighted by molar-refractivity contribution is -0.384. The largest absolute Gasteiger partial charge is 0.331 e. The van der Waals surface area contributed by atoms with Crippen molar-refractivity contribution in [2.75, 3.05) is 10.7 Å². The smallest absolute Gasteiger partial charge is 0.269 e. The molecule has 32 heavy (non-hydrogen) atoms. The number of nitrogens with one attached hydrogen (secondary N) is 5. The number of carbonyl (C=O) groups is 2. The summed E-state index contributed by atoms with van der Waals surface area (Å²) in [5.74, 6) is -0.764. The lowest BCUT2D eigenvalue weighted by Crippen LogP contribution is -2.43. The van der Waals surface area contributed by atoms with Crippen LogP contribution in [-0.4, -0.2) is 21.9 Å². The zero-order chi connectivity index (χ0) is 22.9. The van der Waals surface area contributed by atoms with Crippen LogP contribution in [0.3, 0.4) is 0 Å². The Labute approximate surface area is 188 Å². The van der Waals surface area contributed by atoms with Gasteiger partial charge < -0.3 is 5.32 Å². The number of hydrogen-bond acceptors (Lipinski definition) is 6. The summed E-state index contributed by atoms with van der Waals surface area (Å²) in [4.78, 5) is 34.2. The molecule has 5 N–H and O–H groups in total. The number of hydrogen-bond donors (Lipinski definition) is 5. The molecule has 0 aromatic heterocycles. The molecule has 0 saturated carbocycles. The van der Waals surface area contributed by atoms with Crippen LogP contribution in [0.2, 0.25) is 0 Å². The summed E-state index contributed by atoms with van der Waals surface area (Å²) in [6.45, 7) is 0. The highest BCUT2D eigenvalue weighted by atomic mass is 32.1. The number of non-ortho nitro benzene ring substituents is 1. The topological polar surface area (TPSA) is 137 Å². The Balaban J connectivity index is 1.44. The fourth-order valence-electron chi connectivity index (χ4n) is 2.51. The van der Waals surface area contributed by atoms with Gasteiger partial charge in [-0.2, -0.15) is 0 Å². The molecule has 3 aromatic carbocycles. The minimum absolute atomic E-state index is 0.107. The van der Waals surface area contributed by atoms with Gasteiger partial charge in [-0.1, -0.05) is 18.2 Å². The van der Waals surface area contributed by atoms with E-state index in [-0.39, 0.29) is 22.3 Å². The maximum atomic E-state index is 12.1. The van der Waals surface area contributed by atoms with Crippen molar-refractivity contribution in [3.8, 4) is 0 Å². The van der Waals surface area contributed by atoms with E-state index in [4.69, 9.17) is 12.2 Å². The minimum atomic E-state index is -0.545. The molecule has 0 fully saturated rings. The number of thiocarbonyl (C=S) groups is 1. The van der Waals surface area contributed by atoms with Crippen molar-refractivity contribution in [3.05, 3.63) is 100 Å². The number of amides is 2. The highest BCUT2D eigenvalue weighted by Gasteiger charge is 2.09. The van der Waals surface area contributed by atoms with E-state index in [2.05, 4.69) is 27.0 Å². The minimum Gasteiger partial charge on any atom is -0.331 e. The summed E-state index contributed by atoms with van der Waals surface area (Å²) in [5, 5.41) is 13.7. The molecule has 2 amide bonds. The second-order valence-electron chi connectivity index (χ2n) is 6.36. The third-order valence-corrected chi connectivity index (χ3v) is 4.33. The zero-order valence-corrected chi connectivity index (χ0v) is 17.3. The fourth-order valence-corrected chi connectivity index (χ4v) is 2.68. The molecule has 0 radical (unpaired) electrons. The molecule has 162 valence electrons. The summed E-state index contributed by atoms with van der Waals surface area (Å²) < 4.78 is 0. The molecule has 0 aliphatic rings. The van der Waals surface area contributed by atoms with Crippen molar-refractivity contribution in [1.29, 1.82) is 0 Å². The van der Waals surface area contributed by atoms with Gasteiger partial charge in [0.05, 0.1) is 10.6 Å². The summed E-state index contributed by atoms with van der Waals surface area (Å²) in [6, 6.07) is 20.9. The first-order valence-corrected chi connectivity index (χ1v) is 9.66. The van der Waals surface area contributed by atoms with E-state index in [0.717, 1.165) is 0 Å². The van der Waals surface area contributed by atoms with Gasteiger partial charge in [0.15, 0.2) is 5.11 Å². The first-order chi connectivity index (χ1) is 15.4. The van der Waals surface area contributed by atoms with E-state index in [1.165, 1.54) is 24.3 Å². The Hall–Kier alpha value is -4.51. The van der Waals surface area contributed by atoms with Gasteiger partial charge in [-0.3, -0.25) is 41.4 Å². The highest BCUT2D eigenvalue weighted by Crippen LogP contribution is 2.13. The Morgan fingerprint density at radius 1 is 0.719 bits per heavy atom. The predicted octanol–water partition coefficient (Wildman–Crippen LogP) is 2.98. The van der Waals surface area contributed by atoms with Gasteiger partial charge in [0.25, 0.3) is 17.5 Å².